The highest BCUT2D eigenvalue weighted by Crippen LogP contribution is 2.42. The van der Waals surface area contributed by atoms with Crippen LogP contribution in [-0.4, -0.2) is 40.8 Å². The number of pyridine rings is 1. The number of hydrogen-bond acceptors (Lipinski definition) is 3. The molecule has 2 saturated heterocycles. The molecule has 6 heteroatoms. The summed E-state index contributed by atoms with van der Waals surface area (Å²) in [5, 5.41) is 3.93. The van der Waals surface area contributed by atoms with Crippen LogP contribution in [0, 0.1) is 5.41 Å². The monoisotopic (exact) mass is 369 g/mol. The van der Waals surface area contributed by atoms with Crippen molar-refractivity contribution in [2.75, 3.05) is 13.2 Å². The summed E-state index contributed by atoms with van der Waals surface area (Å²) in [6.45, 7) is 6.08. The van der Waals surface area contributed by atoms with Gasteiger partial charge in [0.2, 0.25) is 0 Å². The number of para-hydroxylation sites is 1. The molecule has 2 aromatic rings. The van der Waals surface area contributed by atoms with E-state index in [1.54, 1.807) is 11.6 Å². The highest BCUT2D eigenvalue weighted by Gasteiger charge is 2.52. The molecule has 2 fully saturated rings. The summed E-state index contributed by atoms with van der Waals surface area (Å²) in [4.78, 5) is 27.2. The van der Waals surface area contributed by atoms with Crippen LogP contribution in [0.3, 0.4) is 0 Å². The number of aromatic nitrogens is 1. The van der Waals surface area contributed by atoms with Crippen LogP contribution in [0.25, 0.3) is 10.9 Å². The smallest absolute Gasteiger partial charge is 0.318 e. The van der Waals surface area contributed by atoms with Crippen molar-refractivity contribution in [3.8, 4) is 0 Å². The van der Waals surface area contributed by atoms with E-state index >= 15 is 0 Å². The number of benzene rings is 1. The molecule has 0 spiro atoms. The third kappa shape index (κ3) is 3.12. The number of amides is 2. The molecule has 2 aliphatic heterocycles. The zero-order valence-corrected chi connectivity index (χ0v) is 16.2. The van der Waals surface area contributed by atoms with Crippen LogP contribution in [0.1, 0.15) is 32.3 Å². The zero-order valence-electron chi connectivity index (χ0n) is 16.2. The lowest BCUT2D eigenvalue weighted by atomic mass is 9.72. The molecule has 0 saturated carbocycles. The average Bonchev–Trinajstić information content (AvgIpc) is 3.15. The van der Waals surface area contributed by atoms with Crippen molar-refractivity contribution in [1.29, 1.82) is 0 Å². The van der Waals surface area contributed by atoms with Crippen molar-refractivity contribution in [2.24, 2.45) is 12.5 Å². The average molecular weight is 369 g/mol. The van der Waals surface area contributed by atoms with E-state index in [0.29, 0.717) is 12.1 Å². The summed E-state index contributed by atoms with van der Waals surface area (Å²) in [6.07, 6.45) is 2.18. The van der Waals surface area contributed by atoms with Crippen LogP contribution in [0.4, 0.5) is 4.79 Å². The fraction of sp³-hybridized carbons (Fsp3) is 0.524. The first-order chi connectivity index (χ1) is 12.9. The summed E-state index contributed by atoms with van der Waals surface area (Å²) in [7, 11) is 1.77. The van der Waals surface area contributed by atoms with Crippen LogP contribution in [0.2, 0.25) is 0 Å². The first kappa shape index (κ1) is 18.0. The first-order valence-electron chi connectivity index (χ1n) is 9.62. The van der Waals surface area contributed by atoms with Gasteiger partial charge in [-0.25, -0.2) is 4.79 Å². The molecule has 2 atom stereocenters. The second-order valence-corrected chi connectivity index (χ2v) is 8.36. The normalized spacial score (nSPS) is 24.0. The van der Waals surface area contributed by atoms with Crippen molar-refractivity contribution in [1.82, 2.24) is 14.8 Å². The van der Waals surface area contributed by atoms with Crippen LogP contribution in [0.5, 0.6) is 0 Å². The molecule has 1 N–H and O–H groups in total. The van der Waals surface area contributed by atoms with Crippen LogP contribution in [0.15, 0.2) is 35.1 Å². The lowest BCUT2D eigenvalue weighted by Crippen LogP contribution is -2.69. The van der Waals surface area contributed by atoms with E-state index in [0.717, 1.165) is 30.4 Å². The molecule has 2 aliphatic rings. The van der Waals surface area contributed by atoms with E-state index in [2.05, 4.69) is 19.2 Å². The molecule has 0 aliphatic carbocycles. The molecule has 6 nitrogen and oxygen atoms in total. The minimum absolute atomic E-state index is 0.0609. The summed E-state index contributed by atoms with van der Waals surface area (Å²) in [6, 6.07) is 9.61. The molecule has 1 aromatic carbocycles. The number of aryl methyl sites for hydroxylation is 1. The first-order valence-corrected chi connectivity index (χ1v) is 9.62. The number of nitrogens with zero attached hydrogens (tertiary/aromatic N) is 2. The molecule has 3 heterocycles. The van der Waals surface area contributed by atoms with Crippen molar-refractivity contribution < 1.29 is 9.53 Å². The van der Waals surface area contributed by atoms with Gasteiger partial charge in [0.05, 0.1) is 17.7 Å². The summed E-state index contributed by atoms with van der Waals surface area (Å²) >= 11 is 0. The molecule has 1 aromatic heterocycles. The summed E-state index contributed by atoms with van der Waals surface area (Å²) in [5.74, 6) is 0. The molecule has 2 unspecified atom stereocenters. The van der Waals surface area contributed by atoms with E-state index in [1.165, 1.54) is 0 Å². The maximum Gasteiger partial charge on any atom is 0.318 e. The van der Waals surface area contributed by atoms with Gasteiger partial charge >= 0.3 is 6.03 Å². The number of carbonyl (C=O) groups is 1. The van der Waals surface area contributed by atoms with Gasteiger partial charge in [0.1, 0.15) is 0 Å². The molecule has 2 amide bonds. The molecular formula is C21H27N3O3. The zero-order chi connectivity index (χ0) is 19.2. The van der Waals surface area contributed by atoms with Gasteiger partial charge in [0.25, 0.3) is 5.56 Å². The van der Waals surface area contributed by atoms with Crippen molar-refractivity contribution in [3.63, 3.8) is 0 Å². The quantitative estimate of drug-likeness (QED) is 0.905. The maximum atomic E-state index is 12.8. The Bertz CT molecular complexity index is 928. The Labute approximate surface area is 159 Å². The standard InChI is InChI=1S/C21H27N3O3/c1-21(2)13-24(18(21)17-9-6-10-27-17)20(26)22-12-15-11-14-7-4-5-8-16(14)23(3)19(15)25/h4-5,7-8,11,17-18H,6,9-10,12-13H2,1-3H3,(H,22,26). The van der Waals surface area contributed by atoms with Crippen molar-refractivity contribution in [2.45, 2.75) is 45.4 Å². The second-order valence-electron chi connectivity index (χ2n) is 8.36. The number of nitrogens with one attached hydrogen (secondary N) is 1. The lowest BCUT2D eigenvalue weighted by Gasteiger charge is -2.56. The molecule has 27 heavy (non-hydrogen) atoms. The van der Waals surface area contributed by atoms with Crippen LogP contribution in [-0.2, 0) is 18.3 Å². The summed E-state index contributed by atoms with van der Waals surface area (Å²) < 4.78 is 7.48. The minimum Gasteiger partial charge on any atom is -0.376 e. The van der Waals surface area contributed by atoms with E-state index in [4.69, 9.17) is 4.74 Å². The van der Waals surface area contributed by atoms with E-state index < -0.39 is 0 Å². The van der Waals surface area contributed by atoms with Crippen molar-refractivity contribution in [3.05, 3.63) is 46.2 Å². The Balaban J connectivity index is 1.49. The van der Waals surface area contributed by atoms with E-state index in [1.807, 2.05) is 35.2 Å². The second kappa shape index (κ2) is 6.68. The van der Waals surface area contributed by atoms with Gasteiger partial charge in [-0.1, -0.05) is 32.0 Å². The Hall–Kier alpha value is -2.34. The van der Waals surface area contributed by atoms with E-state index in [-0.39, 0.29) is 35.7 Å². The maximum absolute atomic E-state index is 12.8. The molecule has 144 valence electrons. The third-order valence-electron chi connectivity index (χ3n) is 5.93. The fourth-order valence-corrected chi connectivity index (χ4v) is 4.58. The van der Waals surface area contributed by atoms with Gasteiger partial charge < -0.3 is 19.5 Å². The van der Waals surface area contributed by atoms with Crippen LogP contribution < -0.4 is 10.9 Å². The number of fused-ring (bicyclic) bond motifs is 1. The van der Waals surface area contributed by atoms with E-state index in [9.17, 15) is 9.59 Å². The largest absolute Gasteiger partial charge is 0.376 e. The van der Waals surface area contributed by atoms with Gasteiger partial charge in [-0.05, 0) is 30.4 Å². The predicted octanol–water partition coefficient (Wildman–Crippen LogP) is 2.64. The minimum atomic E-state index is -0.120. The van der Waals surface area contributed by atoms with Gasteiger partial charge in [0.15, 0.2) is 0 Å². The number of hydrogen-bond donors (Lipinski definition) is 1. The predicted molar refractivity (Wildman–Crippen MR) is 105 cm³/mol. The van der Waals surface area contributed by atoms with Gasteiger partial charge in [0, 0.05) is 37.7 Å². The number of urea groups is 1. The van der Waals surface area contributed by atoms with Gasteiger partial charge in [-0.15, -0.1) is 0 Å². The third-order valence-corrected chi connectivity index (χ3v) is 5.93. The molecule has 0 bridgehead atoms. The molecule has 4 rings (SSSR count). The topological polar surface area (TPSA) is 63.6 Å². The lowest BCUT2D eigenvalue weighted by molar-refractivity contribution is -0.0910. The molecular weight excluding hydrogens is 342 g/mol. The highest BCUT2D eigenvalue weighted by molar-refractivity contribution is 5.80. The Morgan fingerprint density at radius 2 is 2.11 bits per heavy atom. The Morgan fingerprint density at radius 3 is 2.81 bits per heavy atom. The van der Waals surface area contributed by atoms with Crippen LogP contribution >= 0.6 is 0 Å². The Morgan fingerprint density at radius 1 is 1.33 bits per heavy atom. The van der Waals surface area contributed by atoms with Crippen molar-refractivity contribution >= 4 is 16.9 Å². The fourth-order valence-electron chi connectivity index (χ4n) is 4.58. The van der Waals surface area contributed by atoms with Gasteiger partial charge in [-0.3, -0.25) is 4.79 Å². The number of rotatable bonds is 3. The summed E-state index contributed by atoms with van der Waals surface area (Å²) in [5.41, 5.74) is 1.47. The number of likely N-dealkylation sites (tertiary alicyclic amines) is 1. The number of ether oxygens (including phenoxy) is 1. The highest BCUT2D eigenvalue weighted by atomic mass is 16.5. The SMILES string of the molecule is Cn1c(=O)c(CNC(=O)N2CC(C)(C)C2C2CCCO2)cc2ccccc21. The number of carbonyl (C=O) groups excluding carboxylic acids is 1. The van der Waals surface area contributed by atoms with Gasteiger partial charge in [-0.2, -0.15) is 0 Å². The molecule has 0 radical (unpaired) electrons. The Kier molecular flexibility index (Phi) is 4.46.